The molecule has 25 heavy (non-hydrogen) atoms. The molecular formula is C19H17N3O3. The molecule has 0 unspecified atom stereocenters. The van der Waals surface area contributed by atoms with Crippen molar-refractivity contribution in [1.82, 2.24) is 5.43 Å². The van der Waals surface area contributed by atoms with Crippen LogP contribution in [0.3, 0.4) is 0 Å². The van der Waals surface area contributed by atoms with Gasteiger partial charge in [-0.05, 0) is 40.1 Å². The van der Waals surface area contributed by atoms with Crippen molar-refractivity contribution in [3.8, 4) is 16.9 Å². The van der Waals surface area contributed by atoms with Crippen LogP contribution in [0.4, 0.5) is 0 Å². The predicted octanol–water partition coefficient (Wildman–Crippen LogP) is 2.56. The first-order chi connectivity index (χ1) is 12.1. The Morgan fingerprint density at radius 3 is 2.36 bits per heavy atom. The molecule has 0 spiro atoms. The summed E-state index contributed by atoms with van der Waals surface area (Å²) >= 11 is 0. The molecule has 3 rings (SSSR count). The van der Waals surface area contributed by atoms with E-state index in [4.69, 9.17) is 21.4 Å². The number of hydrogen-bond donors (Lipinski definition) is 4. The molecular weight excluding hydrogens is 318 g/mol. The zero-order chi connectivity index (χ0) is 17.8. The number of hydrogen-bond acceptors (Lipinski definition) is 5. The lowest BCUT2D eigenvalue weighted by atomic mass is 10.0. The SMILES string of the molecule is NN/C(Oc1cccc(-c2ccc3ccccc3c2)c1)=C(\N)C(=O)O. The van der Waals surface area contributed by atoms with Gasteiger partial charge in [0.2, 0.25) is 5.88 Å². The van der Waals surface area contributed by atoms with E-state index in [1.165, 1.54) is 0 Å². The molecule has 0 radical (unpaired) electrons. The summed E-state index contributed by atoms with van der Waals surface area (Å²) in [7, 11) is 0. The summed E-state index contributed by atoms with van der Waals surface area (Å²) in [5, 5.41) is 11.2. The fourth-order valence-corrected chi connectivity index (χ4v) is 2.49. The fraction of sp³-hybridized carbons (Fsp3) is 0. The summed E-state index contributed by atoms with van der Waals surface area (Å²) in [6, 6.07) is 21.5. The molecule has 0 aromatic heterocycles. The van der Waals surface area contributed by atoms with Gasteiger partial charge in [0.05, 0.1) is 0 Å². The van der Waals surface area contributed by atoms with E-state index in [0.717, 1.165) is 21.9 Å². The van der Waals surface area contributed by atoms with E-state index in [1.807, 2.05) is 42.5 Å². The Balaban J connectivity index is 1.95. The standard InChI is InChI=1S/C19H17N3O3/c20-17(19(23)24)18(22-21)25-16-7-3-6-14(11-16)15-9-8-12-4-1-2-5-13(12)10-15/h1-11,22H,20-21H2,(H,23,24)/b18-17+. The van der Waals surface area contributed by atoms with Crippen molar-refractivity contribution >= 4 is 16.7 Å². The van der Waals surface area contributed by atoms with Crippen molar-refractivity contribution in [3.05, 3.63) is 78.3 Å². The van der Waals surface area contributed by atoms with Crippen LogP contribution in [0.1, 0.15) is 0 Å². The van der Waals surface area contributed by atoms with Gasteiger partial charge in [-0.15, -0.1) is 0 Å². The van der Waals surface area contributed by atoms with Crippen LogP contribution < -0.4 is 21.7 Å². The molecule has 3 aromatic carbocycles. The van der Waals surface area contributed by atoms with Crippen LogP contribution in [0.25, 0.3) is 21.9 Å². The van der Waals surface area contributed by atoms with Gasteiger partial charge in [0.25, 0.3) is 0 Å². The quantitative estimate of drug-likeness (QED) is 0.247. The highest BCUT2D eigenvalue weighted by molar-refractivity contribution is 5.87. The third-order valence-electron chi connectivity index (χ3n) is 3.74. The average molecular weight is 335 g/mol. The largest absolute Gasteiger partial charge is 0.476 e. The summed E-state index contributed by atoms with van der Waals surface area (Å²) < 4.78 is 5.47. The van der Waals surface area contributed by atoms with Crippen molar-refractivity contribution in [2.45, 2.75) is 0 Å². The third-order valence-corrected chi connectivity index (χ3v) is 3.74. The topological polar surface area (TPSA) is 111 Å². The number of carboxylic acids is 1. The van der Waals surface area contributed by atoms with Crippen LogP contribution >= 0.6 is 0 Å². The number of aliphatic carboxylic acids is 1. The van der Waals surface area contributed by atoms with Crippen LogP contribution in [0.2, 0.25) is 0 Å². The number of carboxylic acid groups (broad SMARTS) is 1. The number of hydrazine groups is 1. The minimum atomic E-state index is -1.32. The molecule has 0 aliphatic carbocycles. The minimum Gasteiger partial charge on any atom is -0.476 e. The van der Waals surface area contributed by atoms with E-state index < -0.39 is 11.7 Å². The minimum absolute atomic E-state index is 0.219. The maximum absolute atomic E-state index is 10.9. The molecule has 3 aromatic rings. The second kappa shape index (κ2) is 6.94. The van der Waals surface area contributed by atoms with Gasteiger partial charge in [-0.3, -0.25) is 5.43 Å². The monoisotopic (exact) mass is 335 g/mol. The first-order valence-corrected chi connectivity index (χ1v) is 7.55. The molecule has 0 fully saturated rings. The molecule has 6 nitrogen and oxygen atoms in total. The lowest BCUT2D eigenvalue weighted by molar-refractivity contribution is -0.132. The summed E-state index contributed by atoms with van der Waals surface area (Å²) in [5.74, 6) is 4.17. The summed E-state index contributed by atoms with van der Waals surface area (Å²) in [5.41, 5.74) is 9.05. The zero-order valence-corrected chi connectivity index (χ0v) is 13.3. The molecule has 6 heteroatoms. The van der Waals surface area contributed by atoms with Crippen molar-refractivity contribution < 1.29 is 14.6 Å². The molecule has 6 N–H and O–H groups in total. The van der Waals surface area contributed by atoms with Gasteiger partial charge in [-0.1, -0.05) is 48.5 Å². The molecule has 0 aliphatic rings. The maximum Gasteiger partial charge on any atom is 0.357 e. The predicted molar refractivity (Wildman–Crippen MR) is 96.2 cm³/mol. The first-order valence-electron chi connectivity index (χ1n) is 7.55. The van der Waals surface area contributed by atoms with Gasteiger partial charge in [0.1, 0.15) is 5.75 Å². The Hall–Kier alpha value is -3.51. The van der Waals surface area contributed by atoms with Gasteiger partial charge in [0, 0.05) is 0 Å². The average Bonchev–Trinajstić information content (AvgIpc) is 2.65. The molecule has 0 aliphatic heterocycles. The molecule has 0 bridgehead atoms. The number of nitrogens with two attached hydrogens (primary N) is 2. The lowest BCUT2D eigenvalue weighted by Crippen LogP contribution is -2.31. The molecule has 0 atom stereocenters. The van der Waals surface area contributed by atoms with Gasteiger partial charge in [0.15, 0.2) is 5.70 Å². The molecule has 0 saturated carbocycles. The highest BCUT2D eigenvalue weighted by Crippen LogP contribution is 2.27. The fourth-order valence-electron chi connectivity index (χ4n) is 2.49. The summed E-state index contributed by atoms with van der Waals surface area (Å²) in [6.45, 7) is 0. The second-order valence-corrected chi connectivity index (χ2v) is 5.38. The Labute approximate surface area is 144 Å². The van der Waals surface area contributed by atoms with Crippen LogP contribution in [-0.2, 0) is 4.79 Å². The second-order valence-electron chi connectivity index (χ2n) is 5.38. The summed E-state index contributed by atoms with van der Waals surface area (Å²) in [4.78, 5) is 10.9. The highest BCUT2D eigenvalue weighted by Gasteiger charge is 2.12. The van der Waals surface area contributed by atoms with E-state index >= 15 is 0 Å². The summed E-state index contributed by atoms with van der Waals surface area (Å²) in [6.07, 6.45) is 0. The number of fused-ring (bicyclic) bond motifs is 1. The van der Waals surface area contributed by atoms with Gasteiger partial charge < -0.3 is 15.6 Å². The van der Waals surface area contributed by atoms with Crippen LogP contribution in [-0.4, -0.2) is 11.1 Å². The van der Waals surface area contributed by atoms with E-state index in [-0.39, 0.29) is 5.88 Å². The van der Waals surface area contributed by atoms with E-state index in [2.05, 4.69) is 17.6 Å². The molecule has 126 valence electrons. The Bertz CT molecular complexity index is 967. The number of ether oxygens (including phenoxy) is 1. The first kappa shape index (κ1) is 16.4. The van der Waals surface area contributed by atoms with Crippen LogP contribution in [0.5, 0.6) is 5.75 Å². The molecule has 0 heterocycles. The van der Waals surface area contributed by atoms with Crippen molar-refractivity contribution in [1.29, 1.82) is 0 Å². The van der Waals surface area contributed by atoms with Gasteiger partial charge in [-0.2, -0.15) is 0 Å². The Morgan fingerprint density at radius 2 is 1.64 bits per heavy atom. The highest BCUT2D eigenvalue weighted by atomic mass is 16.5. The van der Waals surface area contributed by atoms with Crippen molar-refractivity contribution in [2.75, 3.05) is 0 Å². The Kier molecular flexibility index (Phi) is 4.54. The van der Waals surface area contributed by atoms with Gasteiger partial charge in [-0.25, -0.2) is 10.6 Å². The van der Waals surface area contributed by atoms with Crippen molar-refractivity contribution in [2.24, 2.45) is 11.6 Å². The van der Waals surface area contributed by atoms with Crippen LogP contribution in [0, 0.1) is 0 Å². The number of benzene rings is 3. The molecule has 0 saturated heterocycles. The normalized spacial score (nSPS) is 11.7. The number of nitrogens with one attached hydrogen (secondary N) is 1. The smallest absolute Gasteiger partial charge is 0.357 e. The van der Waals surface area contributed by atoms with E-state index in [0.29, 0.717) is 5.75 Å². The number of carbonyl (C=O) groups is 1. The number of rotatable bonds is 5. The zero-order valence-electron chi connectivity index (χ0n) is 13.3. The maximum atomic E-state index is 10.9. The van der Waals surface area contributed by atoms with Gasteiger partial charge >= 0.3 is 5.97 Å². The molecule has 0 amide bonds. The van der Waals surface area contributed by atoms with Crippen LogP contribution in [0.15, 0.2) is 78.3 Å². The van der Waals surface area contributed by atoms with Crippen molar-refractivity contribution in [3.63, 3.8) is 0 Å². The Morgan fingerprint density at radius 1 is 0.920 bits per heavy atom. The van der Waals surface area contributed by atoms with E-state index in [1.54, 1.807) is 12.1 Å². The lowest BCUT2D eigenvalue weighted by Gasteiger charge is -2.12. The van der Waals surface area contributed by atoms with E-state index in [9.17, 15) is 4.79 Å². The third kappa shape index (κ3) is 3.54.